The third-order valence-electron chi connectivity index (χ3n) is 3.51. The first-order valence-electron chi connectivity index (χ1n) is 5.83. The molecule has 1 aromatic heterocycles. The van der Waals surface area contributed by atoms with Gasteiger partial charge in [-0.1, -0.05) is 0 Å². The van der Waals surface area contributed by atoms with Crippen LogP contribution in [0.1, 0.15) is 18.2 Å². The maximum atomic E-state index is 12.1. The van der Waals surface area contributed by atoms with E-state index in [-0.39, 0.29) is 11.8 Å². The minimum absolute atomic E-state index is 0.251. The predicted octanol–water partition coefficient (Wildman–Crippen LogP) is -0.868. The van der Waals surface area contributed by atoms with Crippen molar-refractivity contribution in [2.45, 2.75) is 17.9 Å². The van der Waals surface area contributed by atoms with Gasteiger partial charge in [0, 0.05) is 18.9 Å². The molecule has 3 heterocycles. The van der Waals surface area contributed by atoms with Gasteiger partial charge in [-0.25, -0.2) is 14.8 Å². The van der Waals surface area contributed by atoms with Crippen LogP contribution in [-0.4, -0.2) is 40.5 Å². The fraction of sp³-hybridized carbons (Fsp3) is 0.455. The molecule has 2 aliphatic rings. The molecule has 2 saturated heterocycles. The number of aromatic nitrogens is 2. The van der Waals surface area contributed by atoms with E-state index in [9.17, 15) is 9.59 Å². The van der Waals surface area contributed by atoms with E-state index in [1.807, 2.05) is 0 Å². The molecular weight excluding hydrogens is 234 g/mol. The Bertz CT molecular complexity index is 491. The number of nitrogens with zero attached hydrogens (tertiary/aromatic N) is 2. The molecule has 7 heteroatoms. The van der Waals surface area contributed by atoms with Gasteiger partial charge in [0.2, 0.25) is 0 Å². The maximum absolute atomic E-state index is 12.1. The van der Waals surface area contributed by atoms with Crippen LogP contribution in [0.4, 0.5) is 4.79 Å². The summed E-state index contributed by atoms with van der Waals surface area (Å²) in [7, 11) is 0. The van der Waals surface area contributed by atoms with Gasteiger partial charge in [-0.2, -0.15) is 0 Å². The van der Waals surface area contributed by atoms with E-state index in [2.05, 4.69) is 25.9 Å². The van der Waals surface area contributed by atoms with Gasteiger partial charge >= 0.3 is 6.03 Å². The second kappa shape index (κ2) is 4.02. The van der Waals surface area contributed by atoms with Gasteiger partial charge in [0.15, 0.2) is 0 Å². The SMILES string of the molecule is O=C1NC(=O)C2(CCNCC2c2ncccn2)N1. The summed E-state index contributed by atoms with van der Waals surface area (Å²) >= 11 is 0. The number of nitrogens with one attached hydrogen (secondary N) is 3. The van der Waals surface area contributed by atoms with E-state index in [1.54, 1.807) is 18.5 Å². The normalized spacial score (nSPS) is 31.2. The van der Waals surface area contributed by atoms with E-state index in [4.69, 9.17) is 0 Å². The summed E-state index contributed by atoms with van der Waals surface area (Å²) in [6.45, 7) is 1.24. The van der Waals surface area contributed by atoms with Crippen molar-refractivity contribution in [3.63, 3.8) is 0 Å². The molecule has 3 rings (SSSR count). The van der Waals surface area contributed by atoms with E-state index in [1.165, 1.54) is 0 Å². The van der Waals surface area contributed by atoms with E-state index >= 15 is 0 Å². The van der Waals surface area contributed by atoms with Crippen LogP contribution in [0, 0.1) is 0 Å². The summed E-state index contributed by atoms with van der Waals surface area (Å²) in [6.07, 6.45) is 3.81. The first kappa shape index (κ1) is 11.1. The fourth-order valence-electron chi connectivity index (χ4n) is 2.61. The van der Waals surface area contributed by atoms with Crippen molar-refractivity contribution in [2.24, 2.45) is 0 Å². The number of rotatable bonds is 1. The molecule has 94 valence electrons. The molecule has 1 aromatic rings. The smallest absolute Gasteiger partial charge is 0.322 e. The van der Waals surface area contributed by atoms with Crippen molar-refractivity contribution >= 4 is 11.9 Å². The Morgan fingerprint density at radius 1 is 1.28 bits per heavy atom. The molecule has 2 atom stereocenters. The zero-order chi connectivity index (χ0) is 12.6. The first-order chi connectivity index (χ1) is 8.72. The third kappa shape index (κ3) is 1.55. The number of hydrogen-bond donors (Lipinski definition) is 3. The number of amides is 3. The zero-order valence-electron chi connectivity index (χ0n) is 9.64. The van der Waals surface area contributed by atoms with Crippen molar-refractivity contribution in [3.05, 3.63) is 24.3 Å². The average molecular weight is 247 g/mol. The molecule has 0 radical (unpaired) electrons. The van der Waals surface area contributed by atoms with E-state index in [0.29, 0.717) is 25.3 Å². The Labute approximate surface area is 103 Å². The highest BCUT2D eigenvalue weighted by molar-refractivity contribution is 6.07. The second-order valence-corrected chi connectivity index (χ2v) is 4.49. The lowest BCUT2D eigenvalue weighted by molar-refractivity contribution is -0.125. The largest absolute Gasteiger partial charge is 0.322 e. The summed E-state index contributed by atoms with van der Waals surface area (Å²) < 4.78 is 0. The molecule has 2 fully saturated rings. The zero-order valence-corrected chi connectivity index (χ0v) is 9.64. The quantitative estimate of drug-likeness (QED) is 0.561. The topological polar surface area (TPSA) is 96.0 Å². The number of hydrogen-bond acceptors (Lipinski definition) is 5. The predicted molar refractivity (Wildman–Crippen MR) is 61.7 cm³/mol. The number of piperidine rings is 1. The standard InChI is InChI=1S/C11H13N5O2/c17-9-11(16-10(18)15-9)2-5-12-6-7(11)8-13-3-1-4-14-8/h1,3-4,7,12H,2,5-6H2,(H2,15,16,17,18). The summed E-state index contributed by atoms with van der Waals surface area (Å²) in [5.41, 5.74) is -0.913. The number of imide groups is 1. The molecule has 0 aliphatic carbocycles. The number of carbonyl (C=O) groups is 2. The molecule has 3 N–H and O–H groups in total. The average Bonchev–Trinajstić information content (AvgIpc) is 2.66. The van der Waals surface area contributed by atoms with Crippen molar-refractivity contribution in [2.75, 3.05) is 13.1 Å². The molecule has 2 aliphatic heterocycles. The van der Waals surface area contributed by atoms with Crippen LogP contribution in [0.25, 0.3) is 0 Å². The second-order valence-electron chi connectivity index (χ2n) is 4.49. The Hall–Kier alpha value is -2.02. The monoisotopic (exact) mass is 247 g/mol. The van der Waals surface area contributed by atoms with Gasteiger partial charge < -0.3 is 10.6 Å². The highest BCUT2D eigenvalue weighted by Crippen LogP contribution is 2.33. The Kier molecular flexibility index (Phi) is 2.48. The lowest BCUT2D eigenvalue weighted by atomic mass is 9.78. The van der Waals surface area contributed by atoms with Crippen molar-refractivity contribution in [3.8, 4) is 0 Å². The minimum atomic E-state index is -0.913. The lowest BCUT2D eigenvalue weighted by Gasteiger charge is -2.37. The molecule has 1 spiro atoms. The Morgan fingerprint density at radius 2 is 2.06 bits per heavy atom. The van der Waals surface area contributed by atoms with E-state index < -0.39 is 11.6 Å². The summed E-state index contributed by atoms with van der Waals surface area (Å²) in [5, 5.41) is 8.26. The summed E-state index contributed by atoms with van der Waals surface area (Å²) in [4.78, 5) is 31.9. The number of carbonyl (C=O) groups excluding carboxylic acids is 2. The third-order valence-corrected chi connectivity index (χ3v) is 3.51. The van der Waals surface area contributed by atoms with Crippen LogP contribution >= 0.6 is 0 Å². The minimum Gasteiger partial charge on any atom is -0.322 e. The van der Waals surface area contributed by atoms with Crippen molar-refractivity contribution in [1.29, 1.82) is 0 Å². The van der Waals surface area contributed by atoms with Crippen LogP contribution in [0.5, 0.6) is 0 Å². The molecule has 0 saturated carbocycles. The highest BCUT2D eigenvalue weighted by Gasteiger charge is 2.54. The molecule has 2 unspecified atom stereocenters. The fourth-order valence-corrected chi connectivity index (χ4v) is 2.61. The van der Waals surface area contributed by atoms with E-state index in [0.717, 1.165) is 0 Å². The summed E-state index contributed by atoms with van der Waals surface area (Å²) in [5.74, 6) is 0.0346. The van der Waals surface area contributed by atoms with Crippen LogP contribution in [0.2, 0.25) is 0 Å². The summed E-state index contributed by atoms with van der Waals surface area (Å²) in [6, 6.07) is 1.28. The Morgan fingerprint density at radius 3 is 2.72 bits per heavy atom. The van der Waals surface area contributed by atoms with Gasteiger partial charge in [0.05, 0.1) is 5.92 Å². The van der Waals surface area contributed by atoms with Crippen LogP contribution < -0.4 is 16.0 Å². The highest BCUT2D eigenvalue weighted by atomic mass is 16.2. The molecule has 0 aromatic carbocycles. The van der Waals surface area contributed by atoms with Gasteiger partial charge in [-0.05, 0) is 19.0 Å². The molecule has 3 amide bonds. The van der Waals surface area contributed by atoms with Crippen LogP contribution in [-0.2, 0) is 4.79 Å². The number of urea groups is 1. The molecule has 18 heavy (non-hydrogen) atoms. The van der Waals surface area contributed by atoms with Crippen molar-refractivity contribution in [1.82, 2.24) is 25.9 Å². The Balaban J connectivity index is 2.01. The molecule has 7 nitrogen and oxygen atoms in total. The van der Waals surface area contributed by atoms with Crippen LogP contribution in [0.3, 0.4) is 0 Å². The first-order valence-corrected chi connectivity index (χ1v) is 5.83. The van der Waals surface area contributed by atoms with Gasteiger partial charge in [0.25, 0.3) is 5.91 Å². The van der Waals surface area contributed by atoms with Gasteiger partial charge in [-0.15, -0.1) is 0 Å². The maximum Gasteiger partial charge on any atom is 0.322 e. The van der Waals surface area contributed by atoms with Gasteiger partial charge in [-0.3, -0.25) is 10.1 Å². The van der Waals surface area contributed by atoms with Crippen molar-refractivity contribution < 1.29 is 9.59 Å². The lowest BCUT2D eigenvalue weighted by Crippen LogP contribution is -2.59. The van der Waals surface area contributed by atoms with Crippen LogP contribution in [0.15, 0.2) is 18.5 Å². The molecule has 0 bridgehead atoms. The molecular formula is C11H13N5O2. The van der Waals surface area contributed by atoms with Gasteiger partial charge in [0.1, 0.15) is 11.4 Å².